The highest BCUT2D eigenvalue weighted by Gasteiger charge is 2.25. The van der Waals surface area contributed by atoms with Crippen LogP contribution in [0.15, 0.2) is 30.3 Å². The molecule has 1 aliphatic heterocycles. The normalized spacial score (nSPS) is 24.9. The number of likely N-dealkylation sites (tertiary alicyclic amines) is 1. The third-order valence-corrected chi connectivity index (χ3v) is 3.80. The van der Waals surface area contributed by atoms with Gasteiger partial charge in [0.1, 0.15) is 0 Å². The third kappa shape index (κ3) is 4.77. The molecule has 3 heteroatoms. The number of carbonyl (C=O) groups excluding carboxylic acids is 1. The highest BCUT2D eigenvalue weighted by atomic mass is 16.3. The Bertz CT molecular complexity index is 414. The second kappa shape index (κ2) is 6.31. The van der Waals surface area contributed by atoms with Crippen molar-refractivity contribution < 1.29 is 9.90 Å². The summed E-state index contributed by atoms with van der Waals surface area (Å²) in [7, 11) is 0. The van der Waals surface area contributed by atoms with Crippen molar-refractivity contribution in [3.63, 3.8) is 0 Å². The molecule has 104 valence electrons. The minimum Gasteiger partial charge on any atom is -0.390 e. The molecule has 0 bridgehead atoms. The van der Waals surface area contributed by atoms with Crippen LogP contribution >= 0.6 is 0 Å². The van der Waals surface area contributed by atoms with Gasteiger partial charge >= 0.3 is 0 Å². The van der Waals surface area contributed by atoms with Crippen molar-refractivity contribution in [1.29, 1.82) is 0 Å². The van der Waals surface area contributed by atoms with Gasteiger partial charge in [0, 0.05) is 13.0 Å². The van der Waals surface area contributed by atoms with Gasteiger partial charge in [-0.15, -0.1) is 0 Å². The fourth-order valence-electron chi connectivity index (χ4n) is 2.61. The quantitative estimate of drug-likeness (QED) is 0.901. The fraction of sp³-hybridized carbons (Fsp3) is 0.562. The first-order valence-corrected chi connectivity index (χ1v) is 7.05. The van der Waals surface area contributed by atoms with Crippen LogP contribution in [0.25, 0.3) is 0 Å². The summed E-state index contributed by atoms with van der Waals surface area (Å²) >= 11 is 0. The van der Waals surface area contributed by atoms with Crippen molar-refractivity contribution in [2.45, 2.75) is 38.2 Å². The monoisotopic (exact) mass is 261 g/mol. The zero-order chi connectivity index (χ0) is 13.7. The molecule has 1 heterocycles. The van der Waals surface area contributed by atoms with Crippen LogP contribution in [-0.4, -0.2) is 41.0 Å². The summed E-state index contributed by atoms with van der Waals surface area (Å²) in [6, 6.07) is 9.87. The summed E-state index contributed by atoms with van der Waals surface area (Å²) in [5.41, 5.74) is 0.520. The van der Waals surface area contributed by atoms with E-state index in [1.165, 1.54) is 0 Å². The minimum absolute atomic E-state index is 0.257. The summed E-state index contributed by atoms with van der Waals surface area (Å²) in [5.74, 6) is 0.257. The topological polar surface area (TPSA) is 40.5 Å². The van der Waals surface area contributed by atoms with Crippen LogP contribution in [0, 0.1) is 0 Å². The van der Waals surface area contributed by atoms with Gasteiger partial charge in [-0.1, -0.05) is 30.3 Å². The van der Waals surface area contributed by atoms with Crippen molar-refractivity contribution in [2.24, 2.45) is 0 Å². The van der Waals surface area contributed by atoms with E-state index in [0.717, 1.165) is 37.9 Å². The van der Waals surface area contributed by atoms with Gasteiger partial charge in [-0.2, -0.15) is 0 Å². The van der Waals surface area contributed by atoms with E-state index < -0.39 is 5.60 Å². The molecule has 1 aromatic carbocycles. The summed E-state index contributed by atoms with van der Waals surface area (Å²) in [5, 5.41) is 10.0. The SMILES string of the molecule is CC1(O)CCCN(CC(=O)Cc2ccccc2)CC1. The second-order valence-electron chi connectivity index (χ2n) is 5.83. The van der Waals surface area contributed by atoms with E-state index in [9.17, 15) is 9.90 Å². The molecule has 1 saturated heterocycles. The van der Waals surface area contributed by atoms with Gasteiger partial charge in [-0.05, 0) is 38.3 Å². The largest absolute Gasteiger partial charge is 0.390 e. The molecule has 1 aliphatic rings. The van der Waals surface area contributed by atoms with Crippen molar-refractivity contribution in [1.82, 2.24) is 4.90 Å². The van der Waals surface area contributed by atoms with E-state index in [2.05, 4.69) is 4.90 Å². The number of hydrogen-bond donors (Lipinski definition) is 1. The second-order valence-corrected chi connectivity index (χ2v) is 5.83. The van der Waals surface area contributed by atoms with E-state index in [0.29, 0.717) is 13.0 Å². The maximum atomic E-state index is 12.1. The highest BCUT2D eigenvalue weighted by Crippen LogP contribution is 2.21. The Kier molecular flexibility index (Phi) is 4.72. The number of Topliss-reactive ketones (excluding diaryl/α,β-unsaturated/α-hetero) is 1. The lowest BCUT2D eigenvalue weighted by molar-refractivity contribution is -0.119. The Morgan fingerprint density at radius 3 is 2.74 bits per heavy atom. The Labute approximate surface area is 115 Å². The number of aliphatic hydroxyl groups is 1. The van der Waals surface area contributed by atoms with Crippen molar-refractivity contribution in [2.75, 3.05) is 19.6 Å². The predicted molar refractivity (Wildman–Crippen MR) is 76.1 cm³/mol. The van der Waals surface area contributed by atoms with E-state index in [4.69, 9.17) is 0 Å². The molecule has 0 amide bonds. The molecule has 2 rings (SSSR count). The smallest absolute Gasteiger partial charge is 0.151 e. The number of rotatable bonds is 4. The standard InChI is InChI=1S/C16H23NO2/c1-16(19)8-5-10-17(11-9-16)13-15(18)12-14-6-3-2-4-7-14/h2-4,6-7,19H,5,8-13H2,1H3. The van der Waals surface area contributed by atoms with E-state index in [-0.39, 0.29) is 5.78 Å². The van der Waals surface area contributed by atoms with Gasteiger partial charge in [0.2, 0.25) is 0 Å². The summed E-state index contributed by atoms with van der Waals surface area (Å²) in [6.45, 7) is 4.12. The number of carbonyl (C=O) groups is 1. The molecule has 0 saturated carbocycles. The lowest BCUT2D eigenvalue weighted by atomic mass is 9.98. The van der Waals surface area contributed by atoms with Gasteiger partial charge in [0.05, 0.1) is 12.1 Å². The molecule has 1 atom stereocenters. The molecule has 19 heavy (non-hydrogen) atoms. The lowest BCUT2D eigenvalue weighted by Gasteiger charge is -2.21. The molecular weight excluding hydrogens is 238 g/mol. The van der Waals surface area contributed by atoms with E-state index >= 15 is 0 Å². The van der Waals surface area contributed by atoms with E-state index in [1.54, 1.807) is 0 Å². The zero-order valence-electron chi connectivity index (χ0n) is 11.6. The molecule has 0 aliphatic carbocycles. The molecule has 0 aromatic heterocycles. The number of nitrogens with zero attached hydrogens (tertiary/aromatic N) is 1. The molecule has 1 unspecified atom stereocenters. The Balaban J connectivity index is 1.82. The number of benzene rings is 1. The molecule has 1 aromatic rings. The first-order valence-electron chi connectivity index (χ1n) is 7.05. The van der Waals surface area contributed by atoms with Crippen LogP contribution in [0.1, 0.15) is 31.7 Å². The first kappa shape index (κ1) is 14.2. The molecular formula is C16H23NO2. The average molecular weight is 261 g/mol. The third-order valence-electron chi connectivity index (χ3n) is 3.80. The Hall–Kier alpha value is -1.19. The Morgan fingerprint density at radius 1 is 1.26 bits per heavy atom. The van der Waals surface area contributed by atoms with Crippen LogP contribution < -0.4 is 0 Å². The van der Waals surface area contributed by atoms with Gasteiger partial charge in [0.15, 0.2) is 5.78 Å². The van der Waals surface area contributed by atoms with Crippen LogP contribution in [0.3, 0.4) is 0 Å². The molecule has 0 radical (unpaired) electrons. The Morgan fingerprint density at radius 2 is 2.00 bits per heavy atom. The van der Waals surface area contributed by atoms with E-state index in [1.807, 2.05) is 37.3 Å². The van der Waals surface area contributed by atoms with Crippen LogP contribution in [0.2, 0.25) is 0 Å². The van der Waals surface area contributed by atoms with Gasteiger partial charge in [-0.25, -0.2) is 0 Å². The van der Waals surface area contributed by atoms with Crippen molar-refractivity contribution in [3.05, 3.63) is 35.9 Å². The maximum absolute atomic E-state index is 12.1. The molecule has 0 spiro atoms. The molecule has 1 fully saturated rings. The summed E-state index contributed by atoms with van der Waals surface area (Å²) in [4.78, 5) is 14.2. The number of ketones is 1. The first-order chi connectivity index (χ1) is 9.05. The van der Waals surface area contributed by atoms with Crippen molar-refractivity contribution in [3.8, 4) is 0 Å². The maximum Gasteiger partial charge on any atom is 0.151 e. The zero-order valence-corrected chi connectivity index (χ0v) is 11.6. The minimum atomic E-state index is -0.558. The fourth-order valence-corrected chi connectivity index (χ4v) is 2.61. The number of hydrogen-bond acceptors (Lipinski definition) is 3. The van der Waals surface area contributed by atoms with Crippen molar-refractivity contribution >= 4 is 5.78 Å². The van der Waals surface area contributed by atoms with Crippen LogP contribution in [-0.2, 0) is 11.2 Å². The van der Waals surface area contributed by atoms with Gasteiger partial charge in [0.25, 0.3) is 0 Å². The predicted octanol–water partition coefficient (Wildman–Crippen LogP) is 2.04. The highest BCUT2D eigenvalue weighted by molar-refractivity contribution is 5.82. The van der Waals surface area contributed by atoms with Crippen LogP contribution in [0.5, 0.6) is 0 Å². The summed E-state index contributed by atoms with van der Waals surface area (Å²) in [6.07, 6.45) is 3.06. The lowest BCUT2D eigenvalue weighted by Crippen LogP contribution is -2.33. The molecule has 3 nitrogen and oxygen atoms in total. The molecule has 1 N–H and O–H groups in total. The average Bonchev–Trinajstić information content (AvgIpc) is 2.52. The van der Waals surface area contributed by atoms with Crippen LogP contribution in [0.4, 0.5) is 0 Å². The van der Waals surface area contributed by atoms with Gasteiger partial charge < -0.3 is 5.11 Å². The summed E-state index contributed by atoms with van der Waals surface area (Å²) < 4.78 is 0. The van der Waals surface area contributed by atoms with Gasteiger partial charge in [-0.3, -0.25) is 9.69 Å².